The van der Waals surface area contributed by atoms with Gasteiger partial charge in [-0.1, -0.05) is 6.07 Å². The molecule has 2 saturated carbocycles. The topological polar surface area (TPSA) is 12.0 Å². The van der Waals surface area contributed by atoms with Crippen LogP contribution in [0, 0.1) is 24.6 Å². The molecule has 0 amide bonds. The number of halogens is 1. The second kappa shape index (κ2) is 5.00. The van der Waals surface area contributed by atoms with E-state index in [1.807, 2.05) is 13.0 Å². The maximum absolute atomic E-state index is 13.1. The molecule has 2 heteroatoms. The van der Waals surface area contributed by atoms with Crippen molar-refractivity contribution in [1.29, 1.82) is 0 Å². The smallest absolute Gasteiger partial charge is 0.123 e. The zero-order chi connectivity index (χ0) is 12.5. The van der Waals surface area contributed by atoms with Gasteiger partial charge in [0.15, 0.2) is 0 Å². The van der Waals surface area contributed by atoms with Crippen LogP contribution >= 0.6 is 0 Å². The van der Waals surface area contributed by atoms with Crippen molar-refractivity contribution in [1.82, 2.24) is 5.32 Å². The van der Waals surface area contributed by atoms with E-state index in [1.165, 1.54) is 37.8 Å². The fourth-order valence-corrected chi connectivity index (χ4v) is 2.95. The fourth-order valence-electron chi connectivity index (χ4n) is 2.95. The van der Waals surface area contributed by atoms with E-state index in [4.69, 9.17) is 0 Å². The van der Waals surface area contributed by atoms with Gasteiger partial charge in [0, 0.05) is 6.04 Å². The summed E-state index contributed by atoms with van der Waals surface area (Å²) in [5, 5.41) is 3.64. The molecule has 2 aliphatic carbocycles. The standard InChI is InChI=1S/C16H22FN/c1-11-8-15(17)5-4-12(11)9-13-2-3-14(13)10-18-16-6-7-16/h4-5,8,13-14,16,18H,2-3,6-7,9-10H2,1H3. The molecule has 0 aromatic heterocycles. The Morgan fingerprint density at radius 2 is 1.94 bits per heavy atom. The quantitative estimate of drug-likeness (QED) is 0.840. The van der Waals surface area contributed by atoms with E-state index >= 15 is 0 Å². The molecule has 3 rings (SSSR count). The number of hydrogen-bond acceptors (Lipinski definition) is 1. The highest BCUT2D eigenvalue weighted by molar-refractivity contribution is 5.27. The Balaban J connectivity index is 1.54. The molecule has 1 N–H and O–H groups in total. The first kappa shape index (κ1) is 12.2. The molecule has 18 heavy (non-hydrogen) atoms. The lowest BCUT2D eigenvalue weighted by Gasteiger charge is -2.37. The zero-order valence-electron chi connectivity index (χ0n) is 11.1. The maximum Gasteiger partial charge on any atom is 0.123 e. The molecule has 0 bridgehead atoms. The van der Waals surface area contributed by atoms with Gasteiger partial charge in [0.05, 0.1) is 0 Å². The summed E-state index contributed by atoms with van der Waals surface area (Å²) in [6, 6.07) is 6.04. The van der Waals surface area contributed by atoms with Crippen molar-refractivity contribution in [3.8, 4) is 0 Å². The molecule has 0 radical (unpaired) electrons. The van der Waals surface area contributed by atoms with Crippen LogP contribution in [-0.2, 0) is 6.42 Å². The highest BCUT2D eigenvalue weighted by atomic mass is 19.1. The molecule has 1 aromatic rings. The highest BCUT2D eigenvalue weighted by Gasteiger charge is 2.32. The first-order valence-corrected chi connectivity index (χ1v) is 7.21. The molecule has 0 saturated heterocycles. The van der Waals surface area contributed by atoms with Crippen LogP contribution in [0.4, 0.5) is 4.39 Å². The van der Waals surface area contributed by atoms with Gasteiger partial charge >= 0.3 is 0 Å². The monoisotopic (exact) mass is 247 g/mol. The number of rotatable bonds is 5. The van der Waals surface area contributed by atoms with Gasteiger partial charge in [-0.2, -0.15) is 0 Å². The van der Waals surface area contributed by atoms with E-state index in [9.17, 15) is 4.39 Å². The Labute approximate surface area is 109 Å². The van der Waals surface area contributed by atoms with E-state index in [0.717, 1.165) is 29.9 Å². The molecule has 98 valence electrons. The van der Waals surface area contributed by atoms with Crippen molar-refractivity contribution in [3.63, 3.8) is 0 Å². The largest absolute Gasteiger partial charge is 0.314 e. The molecule has 2 atom stereocenters. The summed E-state index contributed by atoms with van der Waals surface area (Å²) < 4.78 is 13.1. The van der Waals surface area contributed by atoms with Crippen LogP contribution in [0.5, 0.6) is 0 Å². The van der Waals surface area contributed by atoms with Crippen LogP contribution in [-0.4, -0.2) is 12.6 Å². The van der Waals surface area contributed by atoms with Crippen LogP contribution in [0.15, 0.2) is 18.2 Å². The van der Waals surface area contributed by atoms with Crippen LogP contribution in [0.25, 0.3) is 0 Å². The summed E-state index contributed by atoms with van der Waals surface area (Å²) in [4.78, 5) is 0. The summed E-state index contributed by atoms with van der Waals surface area (Å²) in [7, 11) is 0. The average Bonchev–Trinajstić information content (AvgIpc) is 3.10. The highest BCUT2D eigenvalue weighted by Crippen LogP contribution is 2.37. The molecule has 2 fully saturated rings. The van der Waals surface area contributed by atoms with Crippen molar-refractivity contribution in [2.75, 3.05) is 6.54 Å². The Morgan fingerprint density at radius 3 is 2.56 bits per heavy atom. The molecule has 0 aliphatic heterocycles. The summed E-state index contributed by atoms with van der Waals surface area (Å²) in [6.45, 7) is 3.21. The van der Waals surface area contributed by atoms with E-state index in [1.54, 1.807) is 12.1 Å². The molecule has 0 spiro atoms. The van der Waals surface area contributed by atoms with Gasteiger partial charge in [-0.25, -0.2) is 4.39 Å². The van der Waals surface area contributed by atoms with Crippen molar-refractivity contribution >= 4 is 0 Å². The minimum atomic E-state index is -0.114. The molecular weight excluding hydrogens is 225 g/mol. The van der Waals surface area contributed by atoms with Gasteiger partial charge < -0.3 is 5.32 Å². The third-order valence-electron chi connectivity index (χ3n) is 4.61. The predicted octanol–water partition coefficient (Wildman–Crippen LogP) is 3.45. The lowest BCUT2D eigenvalue weighted by atomic mass is 9.70. The maximum atomic E-state index is 13.1. The number of hydrogen-bond donors (Lipinski definition) is 1. The van der Waals surface area contributed by atoms with Gasteiger partial charge in [-0.15, -0.1) is 0 Å². The van der Waals surface area contributed by atoms with Gasteiger partial charge in [0.25, 0.3) is 0 Å². The Bertz CT molecular complexity index is 425. The lowest BCUT2D eigenvalue weighted by molar-refractivity contribution is 0.170. The van der Waals surface area contributed by atoms with E-state index in [-0.39, 0.29) is 5.82 Å². The second-order valence-corrected chi connectivity index (χ2v) is 6.05. The summed E-state index contributed by atoms with van der Waals surface area (Å²) in [6.07, 6.45) is 6.57. The minimum absolute atomic E-state index is 0.114. The van der Waals surface area contributed by atoms with Crippen molar-refractivity contribution in [2.45, 2.75) is 45.1 Å². The van der Waals surface area contributed by atoms with Crippen molar-refractivity contribution in [3.05, 3.63) is 35.1 Å². The normalized spacial score (nSPS) is 27.0. The molecule has 0 heterocycles. The first-order chi connectivity index (χ1) is 8.72. The van der Waals surface area contributed by atoms with Gasteiger partial charge in [0.1, 0.15) is 5.82 Å². The summed E-state index contributed by atoms with van der Waals surface area (Å²) in [5.74, 6) is 1.53. The van der Waals surface area contributed by atoms with E-state index < -0.39 is 0 Å². The molecule has 1 nitrogen and oxygen atoms in total. The predicted molar refractivity (Wildman–Crippen MR) is 72.1 cm³/mol. The SMILES string of the molecule is Cc1cc(F)ccc1CC1CCC1CNC1CC1. The number of benzene rings is 1. The van der Waals surface area contributed by atoms with E-state index in [2.05, 4.69) is 5.32 Å². The zero-order valence-corrected chi connectivity index (χ0v) is 11.1. The molecule has 2 aliphatic rings. The Hall–Kier alpha value is -0.890. The molecule has 2 unspecified atom stereocenters. The third kappa shape index (κ3) is 2.74. The Morgan fingerprint density at radius 1 is 1.17 bits per heavy atom. The Kier molecular flexibility index (Phi) is 3.38. The molecule has 1 aromatic carbocycles. The van der Waals surface area contributed by atoms with Crippen molar-refractivity contribution in [2.24, 2.45) is 11.8 Å². The average molecular weight is 247 g/mol. The van der Waals surface area contributed by atoms with Crippen LogP contribution in [0.1, 0.15) is 36.8 Å². The fraction of sp³-hybridized carbons (Fsp3) is 0.625. The first-order valence-electron chi connectivity index (χ1n) is 7.21. The number of nitrogens with one attached hydrogen (secondary N) is 1. The van der Waals surface area contributed by atoms with Crippen LogP contribution in [0.3, 0.4) is 0 Å². The number of aryl methyl sites for hydroxylation is 1. The second-order valence-electron chi connectivity index (χ2n) is 6.05. The van der Waals surface area contributed by atoms with Crippen LogP contribution in [0.2, 0.25) is 0 Å². The minimum Gasteiger partial charge on any atom is -0.314 e. The third-order valence-corrected chi connectivity index (χ3v) is 4.61. The molecular formula is C16H22FN. The summed E-state index contributed by atoms with van der Waals surface area (Å²) in [5.41, 5.74) is 2.44. The van der Waals surface area contributed by atoms with Gasteiger partial charge in [0.2, 0.25) is 0 Å². The summed E-state index contributed by atoms with van der Waals surface area (Å²) >= 11 is 0. The van der Waals surface area contributed by atoms with Gasteiger partial charge in [-0.3, -0.25) is 0 Å². The lowest BCUT2D eigenvalue weighted by Crippen LogP contribution is -2.37. The van der Waals surface area contributed by atoms with Crippen LogP contribution < -0.4 is 5.32 Å². The van der Waals surface area contributed by atoms with E-state index in [0.29, 0.717) is 0 Å². The van der Waals surface area contributed by atoms with Gasteiger partial charge in [-0.05, 0) is 80.7 Å². The van der Waals surface area contributed by atoms with Crippen molar-refractivity contribution < 1.29 is 4.39 Å².